The van der Waals surface area contributed by atoms with Gasteiger partial charge in [0.25, 0.3) is 0 Å². The molecule has 0 fully saturated rings. The van der Waals surface area contributed by atoms with Gasteiger partial charge in [-0.3, -0.25) is 0 Å². The Balaban J connectivity index is 0. The Morgan fingerprint density at radius 1 is 1.20 bits per heavy atom. The summed E-state index contributed by atoms with van der Waals surface area (Å²) < 4.78 is 0. The van der Waals surface area contributed by atoms with Crippen LogP contribution in [0.5, 0.6) is 0 Å². The van der Waals surface area contributed by atoms with Gasteiger partial charge < -0.3 is 0 Å². The second-order valence-electron chi connectivity index (χ2n) is 2.15. The molecule has 0 aliphatic carbocycles. The first-order valence-corrected chi connectivity index (χ1v) is 5.36. The van der Waals surface area contributed by atoms with E-state index in [-0.39, 0.29) is 0 Å². The molecule has 0 saturated carbocycles. The van der Waals surface area contributed by atoms with Crippen LogP contribution in [-0.4, -0.2) is 4.83 Å². The van der Waals surface area contributed by atoms with Crippen molar-refractivity contribution in [3.8, 4) is 0 Å². The van der Waals surface area contributed by atoms with Gasteiger partial charge in [-0.2, -0.15) is 0 Å². The molecule has 0 aromatic carbocycles. The summed E-state index contributed by atoms with van der Waals surface area (Å²) in [6.45, 7) is 8.45. The summed E-state index contributed by atoms with van der Waals surface area (Å²) in [5.74, 6) is 0. The molecule has 0 N–H and O–H groups in total. The van der Waals surface area contributed by atoms with E-state index in [1.54, 1.807) is 0 Å². The van der Waals surface area contributed by atoms with Gasteiger partial charge in [-0.15, -0.1) is 0 Å². The Labute approximate surface area is 74.5 Å². The Morgan fingerprint density at radius 2 is 1.70 bits per heavy atom. The highest BCUT2D eigenvalue weighted by molar-refractivity contribution is 9.09. The van der Waals surface area contributed by atoms with E-state index in [0.29, 0.717) is 0 Å². The maximum Gasteiger partial charge on any atom is 0.0143 e. The Morgan fingerprint density at radius 3 is 2.00 bits per heavy atom. The molecule has 0 bridgehead atoms. The number of halogens is 1. The van der Waals surface area contributed by atoms with E-state index in [4.69, 9.17) is 0 Å². The van der Waals surface area contributed by atoms with Gasteiger partial charge in [0.2, 0.25) is 0 Å². The molecule has 0 aromatic rings. The first-order valence-electron chi connectivity index (χ1n) is 4.45. The lowest BCUT2D eigenvalue weighted by Gasteiger charge is -2.02. The Bertz CT molecular complexity index is 44.0. The van der Waals surface area contributed by atoms with Crippen LogP contribution in [0, 0.1) is 0 Å². The van der Waals surface area contributed by atoms with E-state index in [0.717, 1.165) is 4.83 Å². The van der Waals surface area contributed by atoms with E-state index in [9.17, 15) is 0 Å². The minimum absolute atomic E-state index is 0.766. The smallest absolute Gasteiger partial charge is 0.0143 e. The molecule has 1 heteroatoms. The molecule has 0 aromatic heterocycles. The summed E-state index contributed by atoms with van der Waals surface area (Å²) in [4.78, 5) is 0.766. The number of alkyl halides is 1. The van der Waals surface area contributed by atoms with Crippen molar-refractivity contribution in [2.24, 2.45) is 0 Å². The van der Waals surface area contributed by atoms with Crippen LogP contribution in [0.2, 0.25) is 0 Å². The molecule has 0 aliphatic heterocycles. The third-order valence-corrected chi connectivity index (χ3v) is 2.42. The van der Waals surface area contributed by atoms with E-state index >= 15 is 0 Å². The molecule has 1 atom stereocenters. The molecular weight excluding hydrogens is 188 g/mol. The molecule has 0 amide bonds. The van der Waals surface area contributed by atoms with Crippen LogP contribution in [-0.2, 0) is 0 Å². The summed E-state index contributed by atoms with van der Waals surface area (Å²) in [6, 6.07) is 0. The van der Waals surface area contributed by atoms with Crippen LogP contribution in [0.3, 0.4) is 0 Å². The Kier molecular flexibility index (Phi) is 16.0. The molecule has 0 spiro atoms. The number of hydrogen-bond acceptors (Lipinski definition) is 0. The van der Waals surface area contributed by atoms with Crippen LogP contribution in [0.25, 0.3) is 0 Å². The van der Waals surface area contributed by atoms with Crippen molar-refractivity contribution in [3.63, 3.8) is 0 Å². The highest BCUT2D eigenvalue weighted by atomic mass is 79.9. The molecule has 0 radical (unpaired) electrons. The summed E-state index contributed by atoms with van der Waals surface area (Å²) in [5, 5.41) is 0. The van der Waals surface area contributed by atoms with E-state index < -0.39 is 0 Å². The molecule has 0 saturated heterocycles. The summed E-state index contributed by atoms with van der Waals surface area (Å²) in [6.07, 6.45) is 5.29. The molecule has 1 unspecified atom stereocenters. The standard InChI is InChI=1S/C7H15Br.C2H6/c1-3-5-6-7(8)4-2;1-2/h7H,3-6H2,1-2H3;1-2H3. The zero-order valence-electron chi connectivity index (χ0n) is 7.78. The number of rotatable bonds is 4. The van der Waals surface area contributed by atoms with Crippen molar-refractivity contribution in [3.05, 3.63) is 0 Å². The summed E-state index contributed by atoms with van der Waals surface area (Å²) >= 11 is 3.58. The SMILES string of the molecule is CC.CCCCC(Br)CC. The van der Waals surface area contributed by atoms with E-state index in [1.807, 2.05) is 13.8 Å². The lowest BCUT2D eigenvalue weighted by Crippen LogP contribution is -1.92. The van der Waals surface area contributed by atoms with Gasteiger partial charge in [0, 0.05) is 4.83 Å². The van der Waals surface area contributed by atoms with Crippen LogP contribution >= 0.6 is 15.9 Å². The van der Waals surface area contributed by atoms with Crippen molar-refractivity contribution in [2.75, 3.05) is 0 Å². The predicted octanol–water partition coefficient (Wildman–Crippen LogP) is 4.38. The van der Waals surface area contributed by atoms with Crippen LogP contribution in [0.1, 0.15) is 53.4 Å². The van der Waals surface area contributed by atoms with Crippen LogP contribution in [0.4, 0.5) is 0 Å². The molecule has 64 valence electrons. The first kappa shape index (κ1) is 13.1. The highest BCUT2D eigenvalue weighted by Crippen LogP contribution is 2.12. The van der Waals surface area contributed by atoms with E-state index in [2.05, 4.69) is 29.8 Å². The normalized spacial score (nSPS) is 11.7. The van der Waals surface area contributed by atoms with Crippen molar-refractivity contribution < 1.29 is 0 Å². The second-order valence-corrected chi connectivity index (χ2v) is 3.44. The average Bonchev–Trinajstić information content (AvgIpc) is 2.04. The zero-order valence-corrected chi connectivity index (χ0v) is 9.37. The third-order valence-electron chi connectivity index (χ3n) is 1.31. The fourth-order valence-corrected chi connectivity index (χ4v) is 0.953. The molecule has 0 heterocycles. The molecule has 0 aliphatic rings. The van der Waals surface area contributed by atoms with Crippen molar-refractivity contribution >= 4 is 15.9 Å². The molecule has 0 rings (SSSR count). The largest absolute Gasteiger partial charge is 0.0891 e. The quantitative estimate of drug-likeness (QED) is 0.603. The average molecular weight is 209 g/mol. The monoisotopic (exact) mass is 208 g/mol. The second kappa shape index (κ2) is 12.2. The van der Waals surface area contributed by atoms with Crippen molar-refractivity contribution in [2.45, 2.75) is 58.2 Å². The topological polar surface area (TPSA) is 0 Å². The summed E-state index contributed by atoms with van der Waals surface area (Å²) in [5.41, 5.74) is 0. The highest BCUT2D eigenvalue weighted by Gasteiger charge is 1.96. The lowest BCUT2D eigenvalue weighted by atomic mass is 10.2. The first-order chi connectivity index (χ1) is 4.81. The molecular formula is C9H21Br. The fourth-order valence-electron chi connectivity index (χ4n) is 0.630. The van der Waals surface area contributed by atoms with E-state index in [1.165, 1.54) is 25.7 Å². The molecule has 10 heavy (non-hydrogen) atoms. The zero-order chi connectivity index (χ0) is 8.41. The number of hydrogen-bond donors (Lipinski definition) is 0. The van der Waals surface area contributed by atoms with Gasteiger partial charge in [-0.1, -0.05) is 56.5 Å². The van der Waals surface area contributed by atoms with Crippen LogP contribution in [0.15, 0.2) is 0 Å². The maximum absolute atomic E-state index is 3.58. The van der Waals surface area contributed by atoms with Gasteiger partial charge >= 0.3 is 0 Å². The van der Waals surface area contributed by atoms with Crippen molar-refractivity contribution in [1.29, 1.82) is 0 Å². The summed E-state index contributed by atoms with van der Waals surface area (Å²) in [7, 11) is 0. The predicted molar refractivity (Wildman–Crippen MR) is 53.9 cm³/mol. The van der Waals surface area contributed by atoms with Gasteiger partial charge in [0.15, 0.2) is 0 Å². The van der Waals surface area contributed by atoms with Gasteiger partial charge in [-0.25, -0.2) is 0 Å². The minimum Gasteiger partial charge on any atom is -0.0891 e. The third kappa shape index (κ3) is 11.3. The molecule has 0 nitrogen and oxygen atoms in total. The van der Waals surface area contributed by atoms with Gasteiger partial charge in [-0.05, 0) is 12.8 Å². The van der Waals surface area contributed by atoms with Gasteiger partial charge in [0.05, 0.1) is 0 Å². The minimum atomic E-state index is 0.766. The lowest BCUT2D eigenvalue weighted by molar-refractivity contribution is 0.678. The van der Waals surface area contributed by atoms with Crippen molar-refractivity contribution in [1.82, 2.24) is 0 Å². The fraction of sp³-hybridized carbons (Fsp3) is 1.00. The Hall–Kier alpha value is 0.480. The number of unbranched alkanes of at least 4 members (excludes halogenated alkanes) is 1. The van der Waals surface area contributed by atoms with Gasteiger partial charge in [0.1, 0.15) is 0 Å². The van der Waals surface area contributed by atoms with Crippen LogP contribution < -0.4 is 0 Å². The maximum atomic E-state index is 3.58.